The van der Waals surface area contributed by atoms with Gasteiger partial charge in [0.2, 0.25) is 0 Å². The first-order valence-electron chi connectivity index (χ1n) is 5.48. The molecule has 0 aliphatic carbocycles. The summed E-state index contributed by atoms with van der Waals surface area (Å²) in [5.41, 5.74) is 1.06. The summed E-state index contributed by atoms with van der Waals surface area (Å²) in [7, 11) is 3.68. The van der Waals surface area contributed by atoms with E-state index in [1.54, 1.807) is 14.0 Å². The van der Waals surface area contributed by atoms with Gasteiger partial charge in [0.05, 0.1) is 12.8 Å². The highest BCUT2D eigenvalue weighted by Gasteiger charge is 2.06. The highest BCUT2D eigenvalue weighted by Crippen LogP contribution is 2.26. The molecular weight excluding hydrogens is 202 g/mol. The SMILES string of the molecule is COc1ccccc1N(C)CCCC(C)=O. The van der Waals surface area contributed by atoms with Gasteiger partial charge < -0.3 is 14.4 Å². The minimum Gasteiger partial charge on any atom is -0.495 e. The molecule has 0 atom stereocenters. The van der Waals surface area contributed by atoms with Gasteiger partial charge >= 0.3 is 0 Å². The number of carbonyl (C=O) groups is 1. The van der Waals surface area contributed by atoms with Gasteiger partial charge in [-0.05, 0) is 25.5 Å². The quantitative estimate of drug-likeness (QED) is 0.739. The first kappa shape index (κ1) is 12.6. The van der Waals surface area contributed by atoms with Gasteiger partial charge in [-0.2, -0.15) is 0 Å². The van der Waals surface area contributed by atoms with E-state index in [0.717, 1.165) is 24.4 Å². The zero-order chi connectivity index (χ0) is 12.0. The molecule has 3 nitrogen and oxygen atoms in total. The highest BCUT2D eigenvalue weighted by atomic mass is 16.5. The van der Waals surface area contributed by atoms with Crippen molar-refractivity contribution in [2.75, 3.05) is 25.6 Å². The van der Waals surface area contributed by atoms with Crippen LogP contribution in [0.4, 0.5) is 5.69 Å². The van der Waals surface area contributed by atoms with Crippen LogP contribution in [0.25, 0.3) is 0 Å². The van der Waals surface area contributed by atoms with E-state index < -0.39 is 0 Å². The summed E-state index contributed by atoms with van der Waals surface area (Å²) in [6.07, 6.45) is 1.52. The molecule has 0 aromatic heterocycles. The number of nitrogens with zero attached hydrogens (tertiary/aromatic N) is 1. The predicted octanol–water partition coefficient (Wildman–Crippen LogP) is 2.50. The van der Waals surface area contributed by atoms with Crippen LogP contribution in [-0.2, 0) is 4.79 Å². The van der Waals surface area contributed by atoms with Crippen molar-refractivity contribution < 1.29 is 9.53 Å². The Kier molecular flexibility index (Phi) is 4.83. The molecule has 0 fully saturated rings. The second-order valence-corrected chi connectivity index (χ2v) is 3.90. The molecule has 1 aromatic carbocycles. The van der Waals surface area contributed by atoms with Crippen molar-refractivity contribution in [1.82, 2.24) is 0 Å². The molecule has 0 bridgehead atoms. The summed E-state index contributed by atoms with van der Waals surface area (Å²) in [5.74, 6) is 1.11. The number of ketones is 1. The van der Waals surface area contributed by atoms with Crippen molar-refractivity contribution in [3.05, 3.63) is 24.3 Å². The predicted molar refractivity (Wildman–Crippen MR) is 66.2 cm³/mol. The normalized spacial score (nSPS) is 9.94. The number of carbonyl (C=O) groups excluding carboxylic acids is 1. The van der Waals surface area contributed by atoms with Crippen molar-refractivity contribution >= 4 is 11.5 Å². The van der Waals surface area contributed by atoms with Crippen LogP contribution in [0.5, 0.6) is 5.75 Å². The fourth-order valence-corrected chi connectivity index (χ4v) is 1.63. The van der Waals surface area contributed by atoms with Crippen molar-refractivity contribution in [2.24, 2.45) is 0 Å². The average molecular weight is 221 g/mol. The number of hydrogen-bond donors (Lipinski definition) is 0. The first-order valence-corrected chi connectivity index (χ1v) is 5.48. The number of Topliss-reactive ketones (excluding diaryl/α,β-unsaturated/α-hetero) is 1. The number of rotatable bonds is 6. The molecule has 0 aliphatic heterocycles. The highest BCUT2D eigenvalue weighted by molar-refractivity contribution is 5.75. The molecule has 0 saturated carbocycles. The molecule has 1 rings (SSSR count). The Morgan fingerprint density at radius 3 is 2.69 bits per heavy atom. The van der Waals surface area contributed by atoms with Crippen LogP contribution in [-0.4, -0.2) is 26.5 Å². The Morgan fingerprint density at radius 2 is 2.06 bits per heavy atom. The second-order valence-electron chi connectivity index (χ2n) is 3.90. The van der Waals surface area contributed by atoms with Crippen molar-refractivity contribution in [3.63, 3.8) is 0 Å². The molecule has 0 spiro atoms. The Morgan fingerprint density at radius 1 is 1.38 bits per heavy atom. The Bertz CT molecular complexity index is 350. The Labute approximate surface area is 97.0 Å². The lowest BCUT2D eigenvalue weighted by Gasteiger charge is -2.21. The maximum Gasteiger partial charge on any atom is 0.142 e. The molecule has 0 aliphatic rings. The second kappa shape index (κ2) is 6.16. The molecule has 0 unspecified atom stereocenters. The summed E-state index contributed by atoms with van der Waals surface area (Å²) < 4.78 is 5.29. The van der Waals surface area contributed by atoms with Crippen molar-refractivity contribution in [1.29, 1.82) is 0 Å². The number of para-hydroxylation sites is 2. The molecule has 0 N–H and O–H groups in total. The van der Waals surface area contributed by atoms with Crippen LogP contribution >= 0.6 is 0 Å². The lowest BCUT2D eigenvalue weighted by molar-refractivity contribution is -0.117. The lowest BCUT2D eigenvalue weighted by atomic mass is 10.2. The van der Waals surface area contributed by atoms with Crippen LogP contribution in [0.3, 0.4) is 0 Å². The number of benzene rings is 1. The third-order valence-corrected chi connectivity index (χ3v) is 2.52. The van der Waals surface area contributed by atoms with Crippen molar-refractivity contribution in [2.45, 2.75) is 19.8 Å². The lowest BCUT2D eigenvalue weighted by Crippen LogP contribution is -2.19. The van der Waals surface area contributed by atoms with E-state index in [4.69, 9.17) is 4.74 Å². The third-order valence-electron chi connectivity index (χ3n) is 2.52. The molecule has 0 amide bonds. The summed E-state index contributed by atoms with van der Waals surface area (Å²) in [6.45, 7) is 2.49. The van der Waals surface area contributed by atoms with Gasteiger partial charge in [0.15, 0.2) is 0 Å². The largest absolute Gasteiger partial charge is 0.495 e. The minimum absolute atomic E-state index is 0.244. The van der Waals surface area contributed by atoms with Gasteiger partial charge in [0.1, 0.15) is 11.5 Å². The first-order chi connectivity index (χ1) is 7.65. The minimum atomic E-state index is 0.244. The van der Waals surface area contributed by atoms with E-state index in [2.05, 4.69) is 4.90 Å². The molecule has 16 heavy (non-hydrogen) atoms. The van der Waals surface area contributed by atoms with Crippen LogP contribution in [0.2, 0.25) is 0 Å². The van der Waals surface area contributed by atoms with Crippen LogP contribution in [0, 0.1) is 0 Å². The zero-order valence-corrected chi connectivity index (χ0v) is 10.2. The van der Waals surface area contributed by atoms with E-state index in [1.807, 2.05) is 31.3 Å². The molecular formula is C13H19NO2. The molecule has 0 radical (unpaired) electrons. The van der Waals surface area contributed by atoms with Gasteiger partial charge in [0.25, 0.3) is 0 Å². The Hall–Kier alpha value is -1.51. The van der Waals surface area contributed by atoms with Crippen LogP contribution in [0.15, 0.2) is 24.3 Å². The van der Waals surface area contributed by atoms with Crippen LogP contribution in [0.1, 0.15) is 19.8 Å². The number of hydrogen-bond acceptors (Lipinski definition) is 3. The summed E-state index contributed by atoms with van der Waals surface area (Å²) in [4.78, 5) is 13.0. The average Bonchev–Trinajstić information content (AvgIpc) is 2.28. The fourth-order valence-electron chi connectivity index (χ4n) is 1.63. The summed E-state index contributed by atoms with van der Waals surface area (Å²) in [6, 6.07) is 7.90. The number of methoxy groups -OCH3 is 1. The third kappa shape index (κ3) is 3.57. The maximum atomic E-state index is 10.8. The van der Waals surface area contributed by atoms with Gasteiger partial charge in [-0.1, -0.05) is 12.1 Å². The van der Waals surface area contributed by atoms with E-state index in [-0.39, 0.29) is 5.78 Å². The van der Waals surface area contributed by atoms with Gasteiger partial charge in [-0.25, -0.2) is 0 Å². The standard InChI is InChI=1S/C13H19NO2/c1-11(15)7-6-10-14(2)12-8-4-5-9-13(12)16-3/h4-5,8-9H,6-7,10H2,1-3H3. The van der Waals surface area contributed by atoms with Gasteiger partial charge in [-0.15, -0.1) is 0 Å². The Balaban J connectivity index is 2.58. The van der Waals surface area contributed by atoms with Crippen LogP contribution < -0.4 is 9.64 Å². The zero-order valence-electron chi connectivity index (χ0n) is 10.2. The van der Waals surface area contributed by atoms with Gasteiger partial charge in [-0.3, -0.25) is 0 Å². The van der Waals surface area contributed by atoms with Crippen molar-refractivity contribution in [3.8, 4) is 5.75 Å². The summed E-state index contributed by atoms with van der Waals surface area (Å²) in [5, 5.41) is 0. The van der Waals surface area contributed by atoms with E-state index in [0.29, 0.717) is 6.42 Å². The topological polar surface area (TPSA) is 29.5 Å². The summed E-state index contributed by atoms with van der Waals surface area (Å²) >= 11 is 0. The molecule has 88 valence electrons. The van der Waals surface area contributed by atoms with Gasteiger partial charge in [0, 0.05) is 20.0 Å². The van der Waals surface area contributed by atoms with E-state index in [1.165, 1.54) is 0 Å². The van der Waals surface area contributed by atoms with E-state index >= 15 is 0 Å². The maximum absolute atomic E-state index is 10.8. The molecule has 0 heterocycles. The monoisotopic (exact) mass is 221 g/mol. The molecule has 0 saturated heterocycles. The number of anilines is 1. The smallest absolute Gasteiger partial charge is 0.142 e. The number of ether oxygens (including phenoxy) is 1. The molecule has 1 aromatic rings. The van der Waals surface area contributed by atoms with E-state index in [9.17, 15) is 4.79 Å². The molecule has 3 heteroatoms. The fraction of sp³-hybridized carbons (Fsp3) is 0.462.